The summed E-state index contributed by atoms with van der Waals surface area (Å²) in [5.74, 6) is 0.438. The molecular weight excluding hydrogens is 358 g/mol. The quantitative estimate of drug-likeness (QED) is 0.736. The molecule has 0 aliphatic heterocycles. The van der Waals surface area contributed by atoms with Crippen molar-refractivity contribution < 1.29 is 0 Å². The zero-order chi connectivity index (χ0) is 16.6. The molecule has 0 saturated heterocycles. The topological polar surface area (TPSA) is 75.6 Å². The third-order valence-electron chi connectivity index (χ3n) is 3.42. The third kappa shape index (κ3) is 3.29. The lowest BCUT2D eigenvalue weighted by molar-refractivity contribution is 0.366. The molecule has 0 fully saturated rings. The van der Waals surface area contributed by atoms with Crippen molar-refractivity contribution in [1.29, 1.82) is 0 Å². The van der Waals surface area contributed by atoms with Gasteiger partial charge in [0.15, 0.2) is 5.65 Å². The Labute approximate surface area is 142 Å². The minimum absolute atomic E-state index is 0.192. The Kier molecular flexibility index (Phi) is 3.97. The first kappa shape index (κ1) is 15.7. The molecule has 2 N–H and O–H groups in total. The van der Waals surface area contributed by atoms with Crippen LogP contribution in [0.25, 0.3) is 11.0 Å². The number of benzene rings is 1. The van der Waals surface area contributed by atoms with Gasteiger partial charge in [0.2, 0.25) is 5.95 Å². The monoisotopic (exact) mass is 375 g/mol. The van der Waals surface area contributed by atoms with Gasteiger partial charge in [0.25, 0.3) is 5.56 Å². The van der Waals surface area contributed by atoms with Crippen molar-refractivity contribution >= 4 is 32.9 Å². The fraction of sp³-hybridized carbons (Fsp3) is 0.312. The van der Waals surface area contributed by atoms with E-state index in [1.807, 2.05) is 45.0 Å². The molecule has 0 saturated carbocycles. The molecule has 0 radical (unpaired) electrons. The van der Waals surface area contributed by atoms with E-state index in [1.165, 1.54) is 0 Å². The van der Waals surface area contributed by atoms with E-state index >= 15 is 0 Å². The van der Waals surface area contributed by atoms with E-state index in [9.17, 15) is 4.79 Å². The van der Waals surface area contributed by atoms with Gasteiger partial charge < -0.3 is 5.32 Å². The van der Waals surface area contributed by atoms with Crippen LogP contribution in [0.3, 0.4) is 0 Å². The van der Waals surface area contributed by atoms with E-state index in [1.54, 1.807) is 10.9 Å². The third-order valence-corrected chi connectivity index (χ3v) is 3.92. The Balaban J connectivity index is 1.94. The van der Waals surface area contributed by atoms with Gasteiger partial charge in [-0.1, -0.05) is 28.1 Å². The van der Waals surface area contributed by atoms with Crippen LogP contribution < -0.4 is 10.9 Å². The predicted molar refractivity (Wildman–Crippen MR) is 94.6 cm³/mol. The average Bonchev–Trinajstić information content (AvgIpc) is 2.90. The summed E-state index contributed by atoms with van der Waals surface area (Å²) < 4.78 is 2.78. The second-order valence-corrected chi connectivity index (χ2v) is 7.28. The zero-order valence-corrected chi connectivity index (χ0v) is 14.8. The molecule has 3 aromatic rings. The molecule has 0 amide bonds. The van der Waals surface area contributed by atoms with Crippen molar-refractivity contribution in [2.45, 2.75) is 32.9 Å². The van der Waals surface area contributed by atoms with Crippen molar-refractivity contribution in [1.82, 2.24) is 19.7 Å². The fourth-order valence-electron chi connectivity index (χ4n) is 2.33. The van der Waals surface area contributed by atoms with Gasteiger partial charge in [-0.15, -0.1) is 0 Å². The van der Waals surface area contributed by atoms with Gasteiger partial charge in [0.1, 0.15) is 5.39 Å². The van der Waals surface area contributed by atoms with Crippen molar-refractivity contribution in [3.63, 3.8) is 0 Å². The van der Waals surface area contributed by atoms with Gasteiger partial charge in [-0.25, -0.2) is 4.68 Å². The summed E-state index contributed by atoms with van der Waals surface area (Å²) in [6, 6.07) is 7.96. The summed E-state index contributed by atoms with van der Waals surface area (Å²) in [6.07, 6.45) is 1.56. The molecule has 2 aromatic heterocycles. The largest absolute Gasteiger partial charge is 0.352 e. The predicted octanol–water partition coefficient (Wildman–Crippen LogP) is 3.25. The van der Waals surface area contributed by atoms with Crippen LogP contribution in [-0.4, -0.2) is 19.7 Å². The van der Waals surface area contributed by atoms with Gasteiger partial charge >= 0.3 is 0 Å². The van der Waals surface area contributed by atoms with Crippen LogP contribution in [-0.2, 0) is 12.1 Å². The Hall–Kier alpha value is -2.15. The van der Waals surface area contributed by atoms with Gasteiger partial charge in [-0.3, -0.25) is 9.78 Å². The standard InChI is InChI=1S/C16H18BrN5O/c1-16(2,3)22-13-12(9-19-22)14(23)21-15(20-13)18-8-10-5-4-6-11(17)7-10/h4-7,9H,8H2,1-3H3,(H2,18,20,21,23). The molecule has 1 aromatic carbocycles. The fourth-order valence-corrected chi connectivity index (χ4v) is 2.77. The van der Waals surface area contributed by atoms with E-state index in [4.69, 9.17) is 0 Å². The average molecular weight is 376 g/mol. The summed E-state index contributed by atoms with van der Waals surface area (Å²) in [4.78, 5) is 19.5. The summed E-state index contributed by atoms with van der Waals surface area (Å²) in [5.41, 5.74) is 1.23. The second-order valence-electron chi connectivity index (χ2n) is 6.36. The SMILES string of the molecule is CC(C)(C)n1ncc2c(=O)[nH]c(NCc3cccc(Br)c3)nc21. The van der Waals surface area contributed by atoms with E-state index < -0.39 is 0 Å². The van der Waals surface area contributed by atoms with E-state index in [-0.39, 0.29) is 11.1 Å². The minimum atomic E-state index is -0.246. The molecule has 120 valence electrons. The molecule has 0 bridgehead atoms. The van der Waals surface area contributed by atoms with Crippen LogP contribution in [0.4, 0.5) is 5.95 Å². The molecule has 6 nitrogen and oxygen atoms in total. The number of nitrogens with zero attached hydrogens (tertiary/aromatic N) is 3. The maximum atomic E-state index is 12.2. The van der Waals surface area contributed by atoms with Crippen LogP contribution in [0.5, 0.6) is 0 Å². The van der Waals surface area contributed by atoms with E-state index in [0.717, 1.165) is 10.0 Å². The minimum Gasteiger partial charge on any atom is -0.352 e. The van der Waals surface area contributed by atoms with E-state index in [0.29, 0.717) is 23.5 Å². The maximum Gasteiger partial charge on any atom is 0.263 e. The molecule has 7 heteroatoms. The number of aromatic amines is 1. The van der Waals surface area contributed by atoms with Gasteiger partial charge in [0, 0.05) is 11.0 Å². The lowest BCUT2D eigenvalue weighted by Gasteiger charge is -2.19. The highest BCUT2D eigenvalue weighted by Gasteiger charge is 2.19. The van der Waals surface area contributed by atoms with E-state index in [2.05, 4.69) is 36.3 Å². The maximum absolute atomic E-state index is 12.2. The number of halogens is 1. The molecule has 0 aliphatic carbocycles. The zero-order valence-electron chi connectivity index (χ0n) is 13.2. The van der Waals surface area contributed by atoms with Crippen molar-refractivity contribution in [3.8, 4) is 0 Å². The number of fused-ring (bicyclic) bond motifs is 1. The molecule has 0 atom stereocenters. The number of hydrogen-bond donors (Lipinski definition) is 2. The summed E-state index contributed by atoms with van der Waals surface area (Å²) in [6.45, 7) is 6.64. The smallest absolute Gasteiger partial charge is 0.263 e. The van der Waals surface area contributed by atoms with Crippen LogP contribution in [0.1, 0.15) is 26.3 Å². The first-order valence-electron chi connectivity index (χ1n) is 7.31. The lowest BCUT2D eigenvalue weighted by Crippen LogP contribution is -2.24. The van der Waals surface area contributed by atoms with Crippen molar-refractivity contribution in [3.05, 3.63) is 50.9 Å². The number of anilines is 1. The number of H-pyrrole nitrogens is 1. The number of rotatable bonds is 3. The molecule has 0 spiro atoms. The molecule has 0 aliphatic rings. The first-order chi connectivity index (χ1) is 10.8. The lowest BCUT2D eigenvalue weighted by atomic mass is 10.1. The van der Waals surface area contributed by atoms with Gasteiger partial charge in [0.05, 0.1) is 11.7 Å². The highest BCUT2D eigenvalue weighted by Crippen LogP contribution is 2.19. The number of hydrogen-bond acceptors (Lipinski definition) is 4. The summed E-state index contributed by atoms with van der Waals surface area (Å²) in [7, 11) is 0. The van der Waals surface area contributed by atoms with Crippen molar-refractivity contribution in [2.75, 3.05) is 5.32 Å². The van der Waals surface area contributed by atoms with Crippen LogP contribution >= 0.6 is 15.9 Å². The highest BCUT2D eigenvalue weighted by molar-refractivity contribution is 9.10. The normalized spacial score (nSPS) is 11.8. The second kappa shape index (κ2) is 5.81. The van der Waals surface area contributed by atoms with Gasteiger partial charge in [-0.2, -0.15) is 10.1 Å². The van der Waals surface area contributed by atoms with Crippen LogP contribution in [0, 0.1) is 0 Å². The Morgan fingerprint density at radius 2 is 2.13 bits per heavy atom. The molecule has 23 heavy (non-hydrogen) atoms. The Morgan fingerprint density at radius 1 is 1.35 bits per heavy atom. The number of nitrogens with one attached hydrogen (secondary N) is 2. The molecule has 0 unspecified atom stereocenters. The van der Waals surface area contributed by atoms with Crippen LogP contribution in [0.15, 0.2) is 39.7 Å². The van der Waals surface area contributed by atoms with Crippen LogP contribution in [0.2, 0.25) is 0 Å². The number of aromatic nitrogens is 4. The summed E-state index contributed by atoms with van der Waals surface area (Å²) in [5, 5.41) is 7.95. The molecule has 2 heterocycles. The van der Waals surface area contributed by atoms with Crippen molar-refractivity contribution in [2.24, 2.45) is 0 Å². The molecular formula is C16H18BrN5O. The Morgan fingerprint density at radius 3 is 2.83 bits per heavy atom. The van der Waals surface area contributed by atoms with Gasteiger partial charge in [-0.05, 0) is 38.5 Å². The molecule has 3 rings (SSSR count). The Bertz CT molecular complexity index is 907. The first-order valence-corrected chi connectivity index (χ1v) is 8.11. The highest BCUT2D eigenvalue weighted by atomic mass is 79.9. The summed E-state index contributed by atoms with van der Waals surface area (Å²) >= 11 is 3.45.